The molecule has 25 heavy (non-hydrogen) atoms. The number of imidazole rings is 1. The van der Waals surface area contributed by atoms with Crippen molar-refractivity contribution in [2.24, 2.45) is 0 Å². The van der Waals surface area contributed by atoms with Crippen molar-refractivity contribution in [3.8, 4) is 0 Å². The summed E-state index contributed by atoms with van der Waals surface area (Å²) in [6, 6.07) is 3.98. The molecule has 1 aliphatic heterocycles. The van der Waals surface area contributed by atoms with Crippen LogP contribution in [0.1, 0.15) is 31.3 Å². The normalized spacial score (nSPS) is 15.3. The molecule has 0 saturated carbocycles. The number of carbonyl (C=O) groups is 1. The van der Waals surface area contributed by atoms with Gasteiger partial charge in [-0.15, -0.1) is 5.10 Å². The average Bonchev–Trinajstić information content (AvgIpc) is 2.94. The van der Waals surface area contributed by atoms with Gasteiger partial charge in [-0.05, 0) is 25.5 Å². The van der Waals surface area contributed by atoms with Crippen molar-refractivity contribution in [3.63, 3.8) is 0 Å². The third-order valence-corrected chi connectivity index (χ3v) is 4.64. The summed E-state index contributed by atoms with van der Waals surface area (Å²) in [7, 11) is 0. The van der Waals surface area contributed by atoms with E-state index in [1.807, 2.05) is 30.2 Å². The molecule has 0 aromatic carbocycles. The van der Waals surface area contributed by atoms with Crippen LogP contribution in [-0.2, 0) is 17.8 Å². The average molecular weight is 342 g/mol. The third-order valence-electron chi connectivity index (χ3n) is 4.64. The Balaban J connectivity index is 1.53. The van der Waals surface area contributed by atoms with Crippen LogP contribution in [0.4, 0.5) is 5.82 Å². The zero-order valence-corrected chi connectivity index (χ0v) is 15.1. The summed E-state index contributed by atoms with van der Waals surface area (Å²) in [4.78, 5) is 21.1. The predicted molar refractivity (Wildman–Crippen MR) is 96.4 cm³/mol. The lowest BCUT2D eigenvalue weighted by Gasteiger charge is -2.22. The van der Waals surface area contributed by atoms with Crippen molar-refractivity contribution >= 4 is 11.7 Å². The molecule has 2 aromatic rings. The molecule has 7 nitrogen and oxygen atoms in total. The van der Waals surface area contributed by atoms with E-state index in [-0.39, 0.29) is 5.91 Å². The van der Waals surface area contributed by atoms with Gasteiger partial charge in [-0.3, -0.25) is 4.79 Å². The Labute approximate surface area is 148 Å². The van der Waals surface area contributed by atoms with Gasteiger partial charge in [0, 0.05) is 58.0 Å². The van der Waals surface area contributed by atoms with Crippen molar-refractivity contribution in [2.75, 3.05) is 31.1 Å². The molecule has 134 valence electrons. The SMILES string of the molecule is CCc1nccn1CCC(=O)N1CCCN(c2ccc(C)nn2)CC1. The maximum absolute atomic E-state index is 12.6. The molecule has 7 heteroatoms. The minimum atomic E-state index is 0.215. The molecule has 3 rings (SSSR count). The number of rotatable bonds is 5. The molecule has 1 aliphatic rings. The van der Waals surface area contributed by atoms with Crippen molar-refractivity contribution < 1.29 is 4.79 Å². The fourth-order valence-electron chi connectivity index (χ4n) is 3.19. The predicted octanol–water partition coefficient (Wildman–Crippen LogP) is 1.67. The first kappa shape index (κ1) is 17.4. The summed E-state index contributed by atoms with van der Waals surface area (Å²) in [6.45, 7) is 7.96. The molecule has 1 saturated heterocycles. The van der Waals surface area contributed by atoms with Gasteiger partial charge < -0.3 is 14.4 Å². The Morgan fingerprint density at radius 3 is 2.80 bits per heavy atom. The first-order valence-corrected chi connectivity index (χ1v) is 9.00. The van der Waals surface area contributed by atoms with E-state index in [0.717, 1.165) is 56.4 Å². The van der Waals surface area contributed by atoms with E-state index in [1.54, 1.807) is 6.20 Å². The highest BCUT2D eigenvalue weighted by Gasteiger charge is 2.20. The highest BCUT2D eigenvalue weighted by Crippen LogP contribution is 2.14. The lowest BCUT2D eigenvalue weighted by molar-refractivity contribution is -0.131. The second-order valence-electron chi connectivity index (χ2n) is 6.39. The standard InChI is InChI=1S/C18H26N6O/c1-3-16-19-8-12-23(16)11-7-18(25)24-10-4-9-22(13-14-24)17-6-5-15(2)20-21-17/h5-6,8,12H,3-4,7,9-11,13-14H2,1-2H3. The summed E-state index contributed by atoms with van der Waals surface area (Å²) in [6.07, 6.45) is 6.11. The molecular formula is C18H26N6O. The summed E-state index contributed by atoms with van der Waals surface area (Å²) < 4.78 is 2.07. The van der Waals surface area contributed by atoms with Gasteiger partial charge in [-0.1, -0.05) is 6.92 Å². The second-order valence-corrected chi connectivity index (χ2v) is 6.39. The largest absolute Gasteiger partial charge is 0.353 e. The van der Waals surface area contributed by atoms with Crippen LogP contribution in [0.25, 0.3) is 0 Å². The Bertz CT molecular complexity index is 696. The summed E-state index contributed by atoms with van der Waals surface area (Å²) in [5, 5.41) is 8.40. The second kappa shape index (κ2) is 8.09. The van der Waals surface area contributed by atoms with Gasteiger partial charge in [0.1, 0.15) is 5.82 Å². The van der Waals surface area contributed by atoms with Gasteiger partial charge in [0.15, 0.2) is 5.82 Å². The molecular weight excluding hydrogens is 316 g/mol. The van der Waals surface area contributed by atoms with E-state index in [0.29, 0.717) is 13.0 Å². The Morgan fingerprint density at radius 2 is 2.04 bits per heavy atom. The van der Waals surface area contributed by atoms with Crippen LogP contribution in [0.15, 0.2) is 24.5 Å². The molecule has 0 bridgehead atoms. The number of nitrogens with zero attached hydrogens (tertiary/aromatic N) is 6. The van der Waals surface area contributed by atoms with Crippen LogP contribution in [0, 0.1) is 6.92 Å². The maximum Gasteiger partial charge on any atom is 0.224 e. The van der Waals surface area contributed by atoms with Gasteiger partial charge in [0.25, 0.3) is 0 Å². The van der Waals surface area contributed by atoms with Gasteiger partial charge >= 0.3 is 0 Å². The lowest BCUT2D eigenvalue weighted by Crippen LogP contribution is -2.35. The van der Waals surface area contributed by atoms with E-state index >= 15 is 0 Å². The summed E-state index contributed by atoms with van der Waals surface area (Å²) >= 11 is 0. The zero-order valence-electron chi connectivity index (χ0n) is 15.1. The Kier molecular flexibility index (Phi) is 5.63. The number of anilines is 1. The van der Waals surface area contributed by atoms with Crippen LogP contribution >= 0.6 is 0 Å². The van der Waals surface area contributed by atoms with Gasteiger partial charge in [0.2, 0.25) is 5.91 Å². The lowest BCUT2D eigenvalue weighted by atomic mass is 10.3. The van der Waals surface area contributed by atoms with E-state index in [9.17, 15) is 4.79 Å². The maximum atomic E-state index is 12.6. The summed E-state index contributed by atoms with van der Waals surface area (Å²) in [5.74, 6) is 2.14. The number of amides is 1. The van der Waals surface area contributed by atoms with Gasteiger partial charge in [-0.25, -0.2) is 4.98 Å². The highest BCUT2D eigenvalue weighted by atomic mass is 16.2. The number of carbonyl (C=O) groups excluding carboxylic acids is 1. The highest BCUT2D eigenvalue weighted by molar-refractivity contribution is 5.76. The van der Waals surface area contributed by atoms with Gasteiger partial charge in [0.05, 0.1) is 5.69 Å². The minimum Gasteiger partial charge on any atom is -0.353 e. The number of aromatic nitrogens is 4. The molecule has 0 atom stereocenters. The number of hydrogen-bond donors (Lipinski definition) is 0. The van der Waals surface area contributed by atoms with Crippen molar-refractivity contribution in [3.05, 3.63) is 36.0 Å². The van der Waals surface area contributed by atoms with Crippen LogP contribution in [-0.4, -0.2) is 56.7 Å². The molecule has 2 aromatic heterocycles. The first-order valence-electron chi connectivity index (χ1n) is 9.00. The quantitative estimate of drug-likeness (QED) is 0.827. The number of aryl methyl sites for hydroxylation is 3. The molecule has 1 fully saturated rings. The molecule has 0 unspecified atom stereocenters. The van der Waals surface area contributed by atoms with E-state index in [1.165, 1.54) is 0 Å². The van der Waals surface area contributed by atoms with E-state index in [4.69, 9.17) is 0 Å². The molecule has 3 heterocycles. The van der Waals surface area contributed by atoms with Crippen LogP contribution < -0.4 is 4.90 Å². The fourth-order valence-corrected chi connectivity index (χ4v) is 3.19. The monoisotopic (exact) mass is 342 g/mol. The first-order chi connectivity index (χ1) is 12.2. The third kappa shape index (κ3) is 4.35. The van der Waals surface area contributed by atoms with E-state index < -0.39 is 0 Å². The molecule has 0 N–H and O–H groups in total. The number of hydrogen-bond acceptors (Lipinski definition) is 5. The fraction of sp³-hybridized carbons (Fsp3) is 0.556. The van der Waals surface area contributed by atoms with Crippen LogP contribution in [0.5, 0.6) is 0 Å². The van der Waals surface area contributed by atoms with Crippen molar-refractivity contribution in [2.45, 2.75) is 39.7 Å². The Morgan fingerprint density at radius 1 is 1.16 bits per heavy atom. The zero-order chi connectivity index (χ0) is 17.6. The van der Waals surface area contributed by atoms with Crippen molar-refractivity contribution in [1.29, 1.82) is 0 Å². The Hall–Kier alpha value is -2.44. The molecule has 1 amide bonds. The van der Waals surface area contributed by atoms with Crippen molar-refractivity contribution in [1.82, 2.24) is 24.6 Å². The van der Waals surface area contributed by atoms with Gasteiger partial charge in [-0.2, -0.15) is 5.10 Å². The molecule has 0 radical (unpaired) electrons. The summed E-state index contributed by atoms with van der Waals surface area (Å²) in [5.41, 5.74) is 0.918. The van der Waals surface area contributed by atoms with Crippen LogP contribution in [0.2, 0.25) is 0 Å². The topological polar surface area (TPSA) is 67.2 Å². The smallest absolute Gasteiger partial charge is 0.224 e. The minimum absolute atomic E-state index is 0.215. The molecule has 0 aliphatic carbocycles. The molecule has 0 spiro atoms. The van der Waals surface area contributed by atoms with E-state index in [2.05, 4.69) is 31.6 Å². The van der Waals surface area contributed by atoms with Crippen LogP contribution in [0.3, 0.4) is 0 Å².